The third kappa shape index (κ3) is 2.59. The largest absolute Gasteiger partial charge is 0.368 e. The molecule has 0 saturated heterocycles. The van der Waals surface area contributed by atoms with Crippen molar-refractivity contribution in [3.8, 4) is 28.6 Å². The monoisotopic (exact) mass is 345 g/mol. The maximum Gasteiger partial charge on any atom is 0.222 e. The van der Waals surface area contributed by atoms with E-state index in [1.54, 1.807) is 22.7 Å². The van der Waals surface area contributed by atoms with Crippen LogP contribution in [0.4, 0.5) is 5.95 Å². The van der Waals surface area contributed by atoms with Crippen LogP contribution in [0.2, 0.25) is 5.02 Å². The van der Waals surface area contributed by atoms with Crippen LogP contribution in [0, 0.1) is 11.3 Å². The fourth-order valence-electron chi connectivity index (χ4n) is 2.75. The zero-order chi connectivity index (χ0) is 17.4. The lowest BCUT2D eigenvalue weighted by atomic mass is 10.1. The fourth-order valence-corrected chi connectivity index (χ4v) is 2.88. The van der Waals surface area contributed by atoms with Gasteiger partial charge in [0.15, 0.2) is 0 Å². The zero-order valence-electron chi connectivity index (χ0n) is 13.0. The van der Waals surface area contributed by atoms with Gasteiger partial charge < -0.3 is 5.73 Å². The summed E-state index contributed by atoms with van der Waals surface area (Å²) in [6, 6.07) is 20.8. The number of rotatable bonds is 2. The highest BCUT2D eigenvalue weighted by Gasteiger charge is 2.16. The molecule has 0 fully saturated rings. The smallest absolute Gasteiger partial charge is 0.222 e. The highest BCUT2D eigenvalue weighted by molar-refractivity contribution is 6.30. The Morgan fingerprint density at radius 3 is 2.32 bits per heavy atom. The van der Waals surface area contributed by atoms with E-state index in [2.05, 4.69) is 16.2 Å². The van der Waals surface area contributed by atoms with Gasteiger partial charge >= 0.3 is 0 Å². The summed E-state index contributed by atoms with van der Waals surface area (Å²) in [4.78, 5) is 4.43. The van der Waals surface area contributed by atoms with Gasteiger partial charge in [-0.05, 0) is 18.2 Å². The first-order valence-electron chi connectivity index (χ1n) is 7.58. The van der Waals surface area contributed by atoms with Crippen molar-refractivity contribution in [1.82, 2.24) is 14.6 Å². The standard InChI is InChI=1S/C19H12ClN5/c20-15-8-6-13(7-9-15)17-14(11-21)10-16-18(12-4-2-1-3-5-12)23-19(22)25(16)24-17/h1-10H,(H2,22,23). The predicted octanol–water partition coefficient (Wildman–Crippen LogP) is 4.17. The molecule has 6 heteroatoms. The number of nitrogens with two attached hydrogens (primary N) is 1. The number of hydrogen-bond donors (Lipinski definition) is 1. The Balaban J connectivity index is 1.98. The van der Waals surface area contributed by atoms with Gasteiger partial charge in [-0.3, -0.25) is 0 Å². The van der Waals surface area contributed by atoms with Gasteiger partial charge in [-0.1, -0.05) is 54.1 Å². The number of benzene rings is 2. The molecule has 0 amide bonds. The van der Waals surface area contributed by atoms with Crippen LogP contribution in [0.25, 0.3) is 28.0 Å². The summed E-state index contributed by atoms with van der Waals surface area (Å²) < 4.78 is 1.56. The van der Waals surface area contributed by atoms with E-state index >= 15 is 0 Å². The van der Waals surface area contributed by atoms with Crippen LogP contribution in [0.3, 0.4) is 0 Å². The quantitative estimate of drug-likeness (QED) is 0.591. The Labute approximate surface area is 148 Å². The number of fused-ring (bicyclic) bond motifs is 1. The molecule has 0 aliphatic heterocycles. The van der Waals surface area contributed by atoms with Crippen molar-refractivity contribution in [2.45, 2.75) is 0 Å². The molecule has 0 spiro atoms. The average Bonchev–Trinajstić information content (AvgIpc) is 2.98. The molecule has 2 heterocycles. The van der Waals surface area contributed by atoms with Crippen LogP contribution < -0.4 is 5.73 Å². The maximum absolute atomic E-state index is 9.59. The summed E-state index contributed by atoms with van der Waals surface area (Å²) in [5.74, 6) is 0.272. The second-order valence-corrected chi connectivity index (χ2v) is 5.94. The molecule has 2 N–H and O–H groups in total. The van der Waals surface area contributed by atoms with Gasteiger partial charge in [-0.15, -0.1) is 0 Å². The molecule has 0 aliphatic carbocycles. The van der Waals surface area contributed by atoms with E-state index in [-0.39, 0.29) is 5.95 Å². The lowest BCUT2D eigenvalue weighted by molar-refractivity contribution is 0.943. The number of halogens is 1. The molecular formula is C19H12ClN5. The van der Waals surface area contributed by atoms with Crippen LogP contribution >= 0.6 is 11.6 Å². The SMILES string of the molecule is N#Cc1cc2c(-c3ccccc3)nc(N)n2nc1-c1ccc(Cl)cc1. The molecule has 25 heavy (non-hydrogen) atoms. The molecule has 2 aromatic carbocycles. The first kappa shape index (κ1) is 15.2. The van der Waals surface area contributed by atoms with Gasteiger partial charge in [-0.25, -0.2) is 4.98 Å². The molecule has 0 bridgehead atoms. The van der Waals surface area contributed by atoms with Crippen molar-refractivity contribution in [2.75, 3.05) is 5.73 Å². The Bertz CT molecular complexity index is 1110. The zero-order valence-corrected chi connectivity index (χ0v) is 13.8. The first-order chi connectivity index (χ1) is 12.2. The lowest BCUT2D eigenvalue weighted by Gasteiger charge is -2.06. The summed E-state index contributed by atoms with van der Waals surface area (Å²) in [5, 5.41) is 14.8. The first-order valence-corrected chi connectivity index (χ1v) is 7.96. The minimum absolute atomic E-state index is 0.272. The number of nitrogens with zero attached hydrogens (tertiary/aromatic N) is 4. The van der Waals surface area contributed by atoms with Crippen LogP contribution in [0.15, 0.2) is 60.7 Å². The molecular weight excluding hydrogens is 334 g/mol. The van der Waals surface area contributed by atoms with E-state index in [1.807, 2.05) is 42.5 Å². The van der Waals surface area contributed by atoms with E-state index in [9.17, 15) is 5.26 Å². The Kier molecular flexibility index (Phi) is 3.60. The topological polar surface area (TPSA) is 80.0 Å². The van der Waals surface area contributed by atoms with Crippen LogP contribution in [0.5, 0.6) is 0 Å². The number of anilines is 1. The highest BCUT2D eigenvalue weighted by atomic mass is 35.5. The molecule has 4 aromatic rings. The summed E-state index contributed by atoms with van der Waals surface area (Å²) in [7, 11) is 0. The molecule has 0 atom stereocenters. The summed E-state index contributed by atoms with van der Waals surface area (Å²) in [6.07, 6.45) is 0. The molecule has 0 aliphatic rings. The second kappa shape index (κ2) is 5.93. The molecule has 2 aromatic heterocycles. The van der Waals surface area contributed by atoms with Crippen LogP contribution in [-0.4, -0.2) is 14.6 Å². The lowest BCUT2D eigenvalue weighted by Crippen LogP contribution is -2.02. The van der Waals surface area contributed by atoms with Crippen LogP contribution in [0.1, 0.15) is 5.56 Å². The van der Waals surface area contributed by atoms with Gasteiger partial charge in [0.2, 0.25) is 5.95 Å². The minimum atomic E-state index is 0.272. The van der Waals surface area contributed by atoms with Crippen molar-refractivity contribution < 1.29 is 0 Å². The van der Waals surface area contributed by atoms with E-state index < -0.39 is 0 Å². The van der Waals surface area contributed by atoms with Gasteiger partial charge in [0.05, 0.1) is 11.1 Å². The number of nitrogen functional groups attached to an aromatic ring is 1. The van der Waals surface area contributed by atoms with Crippen molar-refractivity contribution >= 4 is 23.1 Å². The van der Waals surface area contributed by atoms with E-state index in [0.29, 0.717) is 27.5 Å². The third-order valence-electron chi connectivity index (χ3n) is 3.94. The van der Waals surface area contributed by atoms with E-state index in [4.69, 9.17) is 17.3 Å². The van der Waals surface area contributed by atoms with Gasteiger partial charge in [0.25, 0.3) is 0 Å². The molecule has 120 valence electrons. The molecule has 5 nitrogen and oxygen atoms in total. The third-order valence-corrected chi connectivity index (χ3v) is 4.19. The van der Waals surface area contributed by atoms with E-state index in [1.165, 1.54) is 0 Å². The maximum atomic E-state index is 9.59. The number of imidazole rings is 1. The van der Waals surface area contributed by atoms with Crippen molar-refractivity contribution in [3.05, 3.63) is 71.2 Å². The minimum Gasteiger partial charge on any atom is -0.368 e. The van der Waals surface area contributed by atoms with E-state index in [0.717, 1.165) is 11.1 Å². The summed E-state index contributed by atoms with van der Waals surface area (Å²) in [5.41, 5.74) is 10.1. The molecule has 0 unspecified atom stereocenters. The van der Waals surface area contributed by atoms with Gasteiger partial charge in [0.1, 0.15) is 17.5 Å². The second-order valence-electron chi connectivity index (χ2n) is 5.51. The molecule has 0 radical (unpaired) electrons. The van der Waals surface area contributed by atoms with Crippen molar-refractivity contribution in [2.24, 2.45) is 0 Å². The van der Waals surface area contributed by atoms with Crippen LogP contribution in [-0.2, 0) is 0 Å². The van der Waals surface area contributed by atoms with Crippen molar-refractivity contribution in [1.29, 1.82) is 5.26 Å². The fraction of sp³-hybridized carbons (Fsp3) is 0. The van der Waals surface area contributed by atoms with Gasteiger partial charge in [0, 0.05) is 16.1 Å². The Hall–Kier alpha value is -3.36. The molecule has 4 rings (SSSR count). The highest BCUT2D eigenvalue weighted by Crippen LogP contribution is 2.30. The Morgan fingerprint density at radius 2 is 1.64 bits per heavy atom. The average molecular weight is 346 g/mol. The predicted molar refractivity (Wildman–Crippen MR) is 98.0 cm³/mol. The van der Waals surface area contributed by atoms with Gasteiger partial charge in [-0.2, -0.15) is 14.9 Å². The summed E-state index contributed by atoms with van der Waals surface area (Å²) >= 11 is 5.94. The summed E-state index contributed by atoms with van der Waals surface area (Å²) in [6.45, 7) is 0. The Morgan fingerprint density at radius 1 is 0.960 bits per heavy atom. The molecule has 0 saturated carbocycles. The number of hydrogen-bond acceptors (Lipinski definition) is 4. The normalized spacial score (nSPS) is 10.7. The number of nitriles is 1. The number of aromatic nitrogens is 3. The van der Waals surface area contributed by atoms with Crippen molar-refractivity contribution in [3.63, 3.8) is 0 Å².